The first-order chi connectivity index (χ1) is 9.74. The highest BCUT2D eigenvalue weighted by molar-refractivity contribution is 6.31. The molecule has 0 radical (unpaired) electrons. The first-order valence-corrected chi connectivity index (χ1v) is 6.58. The number of nitrogens with one attached hydrogen (secondary N) is 2. The molecule has 0 spiro atoms. The third-order valence-electron chi connectivity index (χ3n) is 3.04. The average Bonchev–Trinajstić information content (AvgIpc) is 2.85. The Kier molecular flexibility index (Phi) is 3.39. The van der Waals surface area contributed by atoms with Crippen LogP contribution in [0.4, 0.5) is 5.82 Å². The number of aromatic amines is 1. The molecule has 2 aromatic carbocycles. The summed E-state index contributed by atoms with van der Waals surface area (Å²) in [6, 6.07) is 14.9. The SMILES string of the molecule is O=C(Cc1ccccc1Cl)Nc1n[nH]c2ccccc12. The molecule has 5 heteroatoms. The Balaban J connectivity index is 1.78. The van der Waals surface area contributed by atoms with Crippen LogP contribution < -0.4 is 5.32 Å². The molecule has 0 aliphatic heterocycles. The van der Waals surface area contributed by atoms with Crippen molar-refractivity contribution in [1.82, 2.24) is 10.2 Å². The van der Waals surface area contributed by atoms with Crippen LogP contribution in [-0.2, 0) is 11.2 Å². The Morgan fingerprint density at radius 2 is 1.90 bits per heavy atom. The molecule has 0 saturated heterocycles. The number of aromatic nitrogens is 2. The third kappa shape index (κ3) is 2.51. The standard InChI is InChI=1S/C15H12ClN3O/c16-12-7-3-1-5-10(12)9-14(20)17-15-11-6-2-4-8-13(11)18-19-15/h1-8H,9H2,(H2,17,18,19,20). The van der Waals surface area contributed by atoms with E-state index in [0.717, 1.165) is 16.5 Å². The number of nitrogens with zero attached hydrogens (tertiary/aromatic N) is 1. The van der Waals surface area contributed by atoms with Gasteiger partial charge in [-0.2, -0.15) is 5.10 Å². The molecule has 0 unspecified atom stereocenters. The van der Waals surface area contributed by atoms with E-state index in [1.54, 1.807) is 6.07 Å². The van der Waals surface area contributed by atoms with E-state index >= 15 is 0 Å². The summed E-state index contributed by atoms with van der Waals surface area (Å²) >= 11 is 6.04. The normalized spacial score (nSPS) is 10.7. The Morgan fingerprint density at radius 3 is 2.75 bits per heavy atom. The number of benzene rings is 2. The van der Waals surface area contributed by atoms with Gasteiger partial charge in [-0.05, 0) is 23.8 Å². The van der Waals surface area contributed by atoms with E-state index < -0.39 is 0 Å². The Hall–Kier alpha value is -2.33. The van der Waals surface area contributed by atoms with Crippen molar-refractivity contribution in [1.29, 1.82) is 0 Å². The van der Waals surface area contributed by atoms with Gasteiger partial charge < -0.3 is 5.32 Å². The molecule has 0 aliphatic carbocycles. The second kappa shape index (κ2) is 5.35. The molecule has 4 nitrogen and oxygen atoms in total. The number of carbonyl (C=O) groups excluding carboxylic acids is 1. The van der Waals surface area contributed by atoms with Gasteiger partial charge in [-0.1, -0.05) is 41.9 Å². The maximum atomic E-state index is 12.1. The van der Waals surface area contributed by atoms with Crippen LogP contribution in [0.5, 0.6) is 0 Å². The quantitative estimate of drug-likeness (QED) is 0.775. The summed E-state index contributed by atoms with van der Waals surface area (Å²) in [7, 11) is 0. The molecule has 1 aromatic heterocycles. The molecular formula is C15H12ClN3O. The van der Waals surface area contributed by atoms with Crippen LogP contribution in [-0.4, -0.2) is 16.1 Å². The van der Waals surface area contributed by atoms with Crippen molar-refractivity contribution < 1.29 is 4.79 Å². The summed E-state index contributed by atoms with van der Waals surface area (Å²) in [4.78, 5) is 12.1. The smallest absolute Gasteiger partial charge is 0.230 e. The minimum atomic E-state index is -0.143. The van der Waals surface area contributed by atoms with Crippen LogP contribution in [0.3, 0.4) is 0 Å². The van der Waals surface area contributed by atoms with Crippen molar-refractivity contribution in [3.8, 4) is 0 Å². The zero-order valence-corrected chi connectivity index (χ0v) is 11.3. The topological polar surface area (TPSA) is 57.8 Å². The number of carbonyl (C=O) groups is 1. The van der Waals surface area contributed by atoms with Crippen molar-refractivity contribution >= 4 is 34.2 Å². The van der Waals surface area contributed by atoms with E-state index in [1.165, 1.54) is 0 Å². The summed E-state index contributed by atoms with van der Waals surface area (Å²) < 4.78 is 0. The van der Waals surface area contributed by atoms with Gasteiger partial charge in [0.2, 0.25) is 5.91 Å². The summed E-state index contributed by atoms with van der Waals surface area (Å²) in [5.41, 5.74) is 1.69. The van der Waals surface area contributed by atoms with Crippen molar-refractivity contribution in [2.45, 2.75) is 6.42 Å². The number of halogens is 1. The molecule has 0 fully saturated rings. The number of para-hydroxylation sites is 1. The number of H-pyrrole nitrogens is 1. The number of hydrogen-bond acceptors (Lipinski definition) is 2. The number of fused-ring (bicyclic) bond motifs is 1. The summed E-state index contributed by atoms with van der Waals surface area (Å²) in [6.07, 6.45) is 0.223. The molecule has 0 bridgehead atoms. The molecule has 3 rings (SSSR count). The molecule has 1 heterocycles. The maximum absolute atomic E-state index is 12.1. The first kappa shape index (κ1) is 12.7. The fourth-order valence-corrected chi connectivity index (χ4v) is 2.25. The number of rotatable bonds is 3. The van der Waals surface area contributed by atoms with E-state index in [4.69, 9.17) is 11.6 Å². The lowest BCUT2D eigenvalue weighted by atomic mass is 10.1. The van der Waals surface area contributed by atoms with E-state index in [9.17, 15) is 4.79 Å². The second-order valence-electron chi connectivity index (χ2n) is 4.43. The minimum absolute atomic E-state index is 0.143. The van der Waals surface area contributed by atoms with Crippen LogP contribution in [0, 0.1) is 0 Å². The zero-order valence-electron chi connectivity index (χ0n) is 10.6. The predicted molar refractivity (Wildman–Crippen MR) is 79.9 cm³/mol. The summed E-state index contributed by atoms with van der Waals surface area (Å²) in [5, 5.41) is 11.3. The Morgan fingerprint density at radius 1 is 1.15 bits per heavy atom. The van der Waals surface area contributed by atoms with Gasteiger partial charge in [0.25, 0.3) is 0 Å². The highest BCUT2D eigenvalue weighted by Crippen LogP contribution is 2.20. The van der Waals surface area contributed by atoms with Gasteiger partial charge in [-0.25, -0.2) is 0 Å². The van der Waals surface area contributed by atoms with E-state index in [1.807, 2.05) is 42.5 Å². The van der Waals surface area contributed by atoms with E-state index in [-0.39, 0.29) is 12.3 Å². The molecule has 20 heavy (non-hydrogen) atoms. The molecule has 3 aromatic rings. The molecule has 0 atom stereocenters. The van der Waals surface area contributed by atoms with E-state index in [2.05, 4.69) is 15.5 Å². The molecule has 1 amide bonds. The zero-order chi connectivity index (χ0) is 13.9. The van der Waals surface area contributed by atoms with Crippen LogP contribution >= 0.6 is 11.6 Å². The molecule has 100 valence electrons. The third-order valence-corrected chi connectivity index (χ3v) is 3.41. The molecular weight excluding hydrogens is 274 g/mol. The monoisotopic (exact) mass is 285 g/mol. The number of hydrogen-bond donors (Lipinski definition) is 2. The van der Waals surface area contributed by atoms with Crippen LogP contribution in [0.15, 0.2) is 48.5 Å². The van der Waals surface area contributed by atoms with Gasteiger partial charge >= 0.3 is 0 Å². The lowest BCUT2D eigenvalue weighted by molar-refractivity contribution is -0.115. The lowest BCUT2D eigenvalue weighted by Crippen LogP contribution is -2.15. The second-order valence-corrected chi connectivity index (χ2v) is 4.84. The Labute approximate surface area is 120 Å². The van der Waals surface area contributed by atoms with Gasteiger partial charge in [-0.15, -0.1) is 0 Å². The first-order valence-electron chi connectivity index (χ1n) is 6.20. The van der Waals surface area contributed by atoms with Gasteiger partial charge in [0.1, 0.15) is 0 Å². The van der Waals surface area contributed by atoms with Crippen molar-refractivity contribution in [2.24, 2.45) is 0 Å². The van der Waals surface area contributed by atoms with Crippen LogP contribution in [0.1, 0.15) is 5.56 Å². The highest BCUT2D eigenvalue weighted by atomic mass is 35.5. The van der Waals surface area contributed by atoms with Gasteiger partial charge in [-0.3, -0.25) is 9.89 Å². The van der Waals surface area contributed by atoms with Crippen molar-refractivity contribution in [3.05, 3.63) is 59.1 Å². The van der Waals surface area contributed by atoms with E-state index in [0.29, 0.717) is 10.8 Å². The van der Waals surface area contributed by atoms with Crippen LogP contribution in [0.2, 0.25) is 5.02 Å². The Bertz CT molecular complexity index is 766. The molecule has 0 aliphatic rings. The maximum Gasteiger partial charge on any atom is 0.230 e. The summed E-state index contributed by atoms with van der Waals surface area (Å²) in [5.74, 6) is 0.396. The fraction of sp³-hybridized carbons (Fsp3) is 0.0667. The van der Waals surface area contributed by atoms with Gasteiger partial charge in [0, 0.05) is 10.4 Å². The fourth-order valence-electron chi connectivity index (χ4n) is 2.05. The molecule has 0 saturated carbocycles. The highest BCUT2D eigenvalue weighted by Gasteiger charge is 2.10. The van der Waals surface area contributed by atoms with Gasteiger partial charge in [0.05, 0.1) is 11.9 Å². The number of anilines is 1. The van der Waals surface area contributed by atoms with Gasteiger partial charge in [0.15, 0.2) is 5.82 Å². The molecule has 2 N–H and O–H groups in total. The van der Waals surface area contributed by atoms with Crippen molar-refractivity contribution in [3.63, 3.8) is 0 Å². The average molecular weight is 286 g/mol. The summed E-state index contributed by atoms with van der Waals surface area (Å²) in [6.45, 7) is 0. The van der Waals surface area contributed by atoms with Crippen LogP contribution in [0.25, 0.3) is 10.9 Å². The number of amides is 1. The minimum Gasteiger partial charge on any atom is -0.308 e. The van der Waals surface area contributed by atoms with Crippen molar-refractivity contribution in [2.75, 3.05) is 5.32 Å². The lowest BCUT2D eigenvalue weighted by Gasteiger charge is -2.04. The predicted octanol–water partition coefficient (Wildman–Crippen LogP) is 3.40. The largest absolute Gasteiger partial charge is 0.308 e.